The summed E-state index contributed by atoms with van der Waals surface area (Å²) in [4.78, 5) is 8.80. The summed E-state index contributed by atoms with van der Waals surface area (Å²) in [6, 6.07) is 5.75. The molecule has 2 rings (SSSR count). The molecule has 106 valence electrons. The van der Waals surface area contributed by atoms with Crippen LogP contribution in [0, 0.1) is 13.8 Å². The van der Waals surface area contributed by atoms with E-state index in [0.29, 0.717) is 5.82 Å². The van der Waals surface area contributed by atoms with Crippen molar-refractivity contribution in [2.45, 2.75) is 13.8 Å². The number of ether oxygens (including phenoxy) is 1. The molecule has 6 heteroatoms. The van der Waals surface area contributed by atoms with Crippen LogP contribution < -0.4 is 15.4 Å². The van der Waals surface area contributed by atoms with E-state index in [9.17, 15) is 0 Å². The van der Waals surface area contributed by atoms with Crippen molar-refractivity contribution in [2.75, 3.05) is 24.8 Å². The van der Waals surface area contributed by atoms with Crippen molar-refractivity contribution >= 4 is 33.3 Å². The molecule has 0 atom stereocenters. The van der Waals surface area contributed by atoms with Crippen LogP contribution in [-0.4, -0.2) is 24.1 Å². The monoisotopic (exact) mass is 336 g/mol. The van der Waals surface area contributed by atoms with Crippen LogP contribution in [0.1, 0.15) is 11.4 Å². The highest BCUT2D eigenvalue weighted by Gasteiger charge is 2.10. The van der Waals surface area contributed by atoms with E-state index >= 15 is 0 Å². The Balaban J connectivity index is 2.42. The molecule has 5 nitrogen and oxygen atoms in total. The normalized spacial score (nSPS) is 10.2. The summed E-state index contributed by atoms with van der Waals surface area (Å²) in [6.45, 7) is 3.84. The van der Waals surface area contributed by atoms with Gasteiger partial charge in [-0.3, -0.25) is 0 Å². The first kappa shape index (κ1) is 14.6. The Labute approximate surface area is 126 Å². The first-order valence-corrected chi connectivity index (χ1v) is 6.98. The average Bonchev–Trinajstić information content (AvgIpc) is 2.44. The van der Waals surface area contributed by atoms with Gasteiger partial charge in [0, 0.05) is 23.2 Å². The van der Waals surface area contributed by atoms with E-state index in [2.05, 4.69) is 36.5 Å². The number of nitrogens with zero attached hydrogens (tertiary/aromatic N) is 2. The van der Waals surface area contributed by atoms with Gasteiger partial charge in [-0.25, -0.2) is 9.97 Å². The van der Waals surface area contributed by atoms with Crippen LogP contribution >= 0.6 is 15.9 Å². The van der Waals surface area contributed by atoms with Crippen molar-refractivity contribution in [3.63, 3.8) is 0 Å². The molecule has 1 aromatic carbocycles. The van der Waals surface area contributed by atoms with Gasteiger partial charge in [-0.2, -0.15) is 0 Å². The van der Waals surface area contributed by atoms with Crippen LogP contribution in [0.5, 0.6) is 5.75 Å². The van der Waals surface area contributed by atoms with Crippen molar-refractivity contribution in [1.82, 2.24) is 9.97 Å². The number of aromatic nitrogens is 2. The van der Waals surface area contributed by atoms with Crippen molar-refractivity contribution in [3.05, 3.63) is 34.1 Å². The number of hydrogen-bond donors (Lipinski definition) is 2. The van der Waals surface area contributed by atoms with Crippen LogP contribution in [-0.2, 0) is 0 Å². The zero-order valence-corrected chi connectivity index (χ0v) is 13.5. The van der Waals surface area contributed by atoms with E-state index in [4.69, 9.17) is 4.74 Å². The molecule has 0 amide bonds. The molecule has 1 aromatic heterocycles. The molecule has 0 aliphatic rings. The smallest absolute Gasteiger partial charge is 0.139 e. The van der Waals surface area contributed by atoms with Crippen molar-refractivity contribution in [3.8, 4) is 5.75 Å². The first-order valence-electron chi connectivity index (χ1n) is 6.18. The summed E-state index contributed by atoms with van der Waals surface area (Å²) in [6.07, 6.45) is 0. The second kappa shape index (κ2) is 6.09. The third kappa shape index (κ3) is 3.01. The molecule has 0 fully saturated rings. The number of anilines is 3. The van der Waals surface area contributed by atoms with Crippen LogP contribution in [0.15, 0.2) is 22.7 Å². The number of aryl methyl sites for hydroxylation is 1. The molecule has 2 N–H and O–H groups in total. The van der Waals surface area contributed by atoms with Crippen molar-refractivity contribution in [1.29, 1.82) is 0 Å². The Morgan fingerprint density at radius 2 is 1.85 bits per heavy atom. The highest BCUT2D eigenvalue weighted by molar-refractivity contribution is 9.10. The summed E-state index contributed by atoms with van der Waals surface area (Å²) >= 11 is 3.52. The van der Waals surface area contributed by atoms with Crippen molar-refractivity contribution in [2.24, 2.45) is 0 Å². The Hall–Kier alpha value is -1.82. The van der Waals surface area contributed by atoms with E-state index in [-0.39, 0.29) is 0 Å². The number of benzene rings is 1. The summed E-state index contributed by atoms with van der Waals surface area (Å²) in [5.41, 5.74) is 1.86. The number of methoxy groups -OCH3 is 1. The maximum atomic E-state index is 5.24. The molecule has 0 radical (unpaired) electrons. The standard InChI is InChI=1S/C14H17BrN4O/c1-8-13(16-3)17-9(2)18-14(8)19-12-7-10(20-4)5-6-11(12)15/h5-7H,1-4H3,(H2,16,17,18,19). The summed E-state index contributed by atoms with van der Waals surface area (Å²) < 4.78 is 6.18. The van der Waals surface area contributed by atoms with E-state index < -0.39 is 0 Å². The first-order chi connectivity index (χ1) is 9.55. The lowest BCUT2D eigenvalue weighted by atomic mass is 10.2. The van der Waals surface area contributed by atoms with Gasteiger partial charge in [-0.15, -0.1) is 0 Å². The van der Waals surface area contributed by atoms with Gasteiger partial charge in [0.1, 0.15) is 23.2 Å². The second-order valence-corrected chi connectivity index (χ2v) is 5.17. The fraction of sp³-hybridized carbons (Fsp3) is 0.286. The molecule has 1 heterocycles. The quantitative estimate of drug-likeness (QED) is 0.892. The Morgan fingerprint density at radius 3 is 2.50 bits per heavy atom. The molecular weight excluding hydrogens is 320 g/mol. The molecule has 2 aromatic rings. The zero-order chi connectivity index (χ0) is 14.7. The average molecular weight is 337 g/mol. The van der Waals surface area contributed by atoms with Gasteiger partial charge in [-0.1, -0.05) is 0 Å². The van der Waals surface area contributed by atoms with Gasteiger partial charge in [0.2, 0.25) is 0 Å². The largest absolute Gasteiger partial charge is 0.497 e. The fourth-order valence-corrected chi connectivity index (χ4v) is 2.19. The van der Waals surface area contributed by atoms with Gasteiger partial charge >= 0.3 is 0 Å². The number of nitrogens with one attached hydrogen (secondary N) is 2. The highest BCUT2D eigenvalue weighted by Crippen LogP contribution is 2.31. The molecular formula is C14H17BrN4O. The third-order valence-corrected chi connectivity index (χ3v) is 3.61. The third-order valence-electron chi connectivity index (χ3n) is 2.92. The molecule has 0 saturated carbocycles. The lowest BCUT2D eigenvalue weighted by molar-refractivity contribution is 0.415. The van der Waals surface area contributed by atoms with E-state index in [1.54, 1.807) is 7.11 Å². The van der Waals surface area contributed by atoms with Crippen LogP contribution in [0.4, 0.5) is 17.3 Å². The van der Waals surface area contributed by atoms with Gasteiger partial charge in [0.25, 0.3) is 0 Å². The molecule has 0 saturated heterocycles. The molecule has 0 spiro atoms. The summed E-state index contributed by atoms with van der Waals surface area (Å²) in [7, 11) is 3.49. The van der Waals surface area contributed by atoms with Gasteiger partial charge in [0.05, 0.1) is 12.8 Å². The zero-order valence-electron chi connectivity index (χ0n) is 11.9. The molecule has 0 unspecified atom stereocenters. The van der Waals surface area contributed by atoms with Crippen LogP contribution in [0.25, 0.3) is 0 Å². The Bertz CT molecular complexity index is 631. The van der Waals surface area contributed by atoms with E-state index in [0.717, 1.165) is 33.1 Å². The second-order valence-electron chi connectivity index (χ2n) is 4.31. The lowest BCUT2D eigenvalue weighted by Crippen LogP contribution is -2.05. The SMILES string of the molecule is CNc1nc(C)nc(Nc2cc(OC)ccc2Br)c1C. The van der Waals surface area contributed by atoms with Gasteiger partial charge in [-0.05, 0) is 41.9 Å². The molecule has 0 bridgehead atoms. The molecule has 0 aliphatic carbocycles. The lowest BCUT2D eigenvalue weighted by Gasteiger charge is -2.14. The predicted octanol–water partition coefficient (Wildman–Crippen LogP) is 3.65. The van der Waals surface area contributed by atoms with Crippen molar-refractivity contribution < 1.29 is 4.74 Å². The minimum Gasteiger partial charge on any atom is -0.497 e. The van der Waals surface area contributed by atoms with E-state index in [1.807, 2.05) is 39.1 Å². The van der Waals surface area contributed by atoms with Crippen LogP contribution in [0.2, 0.25) is 0 Å². The predicted molar refractivity (Wildman–Crippen MR) is 85.0 cm³/mol. The number of hydrogen-bond acceptors (Lipinski definition) is 5. The Kier molecular flexibility index (Phi) is 4.44. The topological polar surface area (TPSA) is 59.1 Å². The summed E-state index contributed by atoms with van der Waals surface area (Å²) in [5.74, 6) is 3.09. The Morgan fingerprint density at radius 1 is 1.15 bits per heavy atom. The number of rotatable bonds is 4. The minimum absolute atomic E-state index is 0.710. The number of halogens is 1. The van der Waals surface area contributed by atoms with Crippen LogP contribution in [0.3, 0.4) is 0 Å². The maximum Gasteiger partial charge on any atom is 0.139 e. The maximum absolute atomic E-state index is 5.24. The van der Waals surface area contributed by atoms with Gasteiger partial charge in [0.15, 0.2) is 0 Å². The molecule has 20 heavy (non-hydrogen) atoms. The minimum atomic E-state index is 0.710. The molecule has 0 aliphatic heterocycles. The fourth-order valence-electron chi connectivity index (χ4n) is 1.85. The highest BCUT2D eigenvalue weighted by atomic mass is 79.9. The summed E-state index contributed by atoms with van der Waals surface area (Å²) in [5, 5.41) is 6.38. The van der Waals surface area contributed by atoms with Gasteiger partial charge < -0.3 is 15.4 Å². The van der Waals surface area contributed by atoms with E-state index in [1.165, 1.54) is 0 Å².